The van der Waals surface area contributed by atoms with Gasteiger partial charge in [0.1, 0.15) is 0 Å². The van der Waals surface area contributed by atoms with Crippen LogP contribution in [0.1, 0.15) is 31.4 Å². The smallest absolute Gasteiger partial charge is 0.221 e. The van der Waals surface area contributed by atoms with E-state index < -0.39 is 0 Å². The molecule has 1 amide bonds. The first-order valence-corrected chi connectivity index (χ1v) is 7.36. The molecule has 0 saturated carbocycles. The number of nitrogens with two attached hydrogens (primary N) is 1. The van der Waals surface area contributed by atoms with Gasteiger partial charge in [-0.1, -0.05) is 6.42 Å². The van der Waals surface area contributed by atoms with E-state index >= 15 is 0 Å². The fourth-order valence-electron chi connectivity index (χ4n) is 2.70. The summed E-state index contributed by atoms with van der Waals surface area (Å²) in [5, 5.41) is 2.99. The van der Waals surface area contributed by atoms with Crippen molar-refractivity contribution in [3.05, 3.63) is 18.2 Å². The first-order chi connectivity index (χ1) is 9.70. The molecule has 3 N–H and O–H groups in total. The van der Waals surface area contributed by atoms with Crippen molar-refractivity contribution < 1.29 is 4.79 Å². The number of imidazole rings is 1. The highest BCUT2D eigenvalue weighted by Crippen LogP contribution is 2.19. The third-order valence-electron chi connectivity index (χ3n) is 3.94. The standard InChI is InChI=1S/C14H25N5O/c1-18-11-16-8-13(18)10-19-7-3-2-4-12(19)9-17-14(20)5-6-15/h8,11-12H,2-7,9-10,15H2,1H3,(H,17,20)/t12-/m0/s1. The van der Waals surface area contributed by atoms with Crippen LogP contribution >= 0.6 is 0 Å². The van der Waals surface area contributed by atoms with Crippen LogP contribution < -0.4 is 11.1 Å². The van der Waals surface area contributed by atoms with Crippen molar-refractivity contribution in [2.24, 2.45) is 12.8 Å². The number of aryl methyl sites for hydroxylation is 1. The van der Waals surface area contributed by atoms with Crippen molar-refractivity contribution in [3.63, 3.8) is 0 Å². The fourth-order valence-corrected chi connectivity index (χ4v) is 2.70. The Morgan fingerprint density at radius 2 is 2.40 bits per heavy atom. The van der Waals surface area contributed by atoms with E-state index in [0.717, 1.165) is 26.1 Å². The summed E-state index contributed by atoms with van der Waals surface area (Å²) < 4.78 is 2.05. The molecular formula is C14H25N5O. The van der Waals surface area contributed by atoms with Crippen molar-refractivity contribution in [2.75, 3.05) is 19.6 Å². The maximum Gasteiger partial charge on any atom is 0.221 e. The molecule has 6 heteroatoms. The van der Waals surface area contributed by atoms with Gasteiger partial charge in [-0.2, -0.15) is 0 Å². The first-order valence-electron chi connectivity index (χ1n) is 7.36. The van der Waals surface area contributed by atoms with Gasteiger partial charge in [0.15, 0.2) is 0 Å². The monoisotopic (exact) mass is 279 g/mol. The zero-order valence-corrected chi connectivity index (χ0v) is 12.2. The molecule has 0 spiro atoms. The van der Waals surface area contributed by atoms with E-state index in [9.17, 15) is 4.79 Å². The second-order valence-electron chi connectivity index (χ2n) is 5.46. The molecule has 1 aliphatic rings. The maximum absolute atomic E-state index is 11.5. The Morgan fingerprint density at radius 1 is 1.55 bits per heavy atom. The van der Waals surface area contributed by atoms with Crippen molar-refractivity contribution in [2.45, 2.75) is 38.3 Å². The van der Waals surface area contributed by atoms with E-state index in [1.165, 1.54) is 18.5 Å². The summed E-state index contributed by atoms with van der Waals surface area (Å²) in [5.74, 6) is 0.0542. The molecule has 0 aromatic carbocycles. The van der Waals surface area contributed by atoms with E-state index in [-0.39, 0.29) is 5.91 Å². The lowest BCUT2D eigenvalue weighted by Gasteiger charge is -2.35. The lowest BCUT2D eigenvalue weighted by atomic mass is 10.0. The van der Waals surface area contributed by atoms with Crippen LogP contribution in [-0.4, -0.2) is 46.0 Å². The second kappa shape index (κ2) is 7.40. The number of likely N-dealkylation sites (tertiary alicyclic amines) is 1. The van der Waals surface area contributed by atoms with Crippen LogP contribution in [0.15, 0.2) is 12.5 Å². The number of nitrogens with zero attached hydrogens (tertiary/aromatic N) is 3. The molecule has 1 aromatic heterocycles. The highest BCUT2D eigenvalue weighted by atomic mass is 16.1. The summed E-state index contributed by atoms with van der Waals surface area (Å²) in [7, 11) is 2.02. The number of hydrogen-bond donors (Lipinski definition) is 2. The van der Waals surface area contributed by atoms with Crippen molar-refractivity contribution in [3.8, 4) is 0 Å². The fraction of sp³-hybridized carbons (Fsp3) is 0.714. The summed E-state index contributed by atoms with van der Waals surface area (Å²) in [6.45, 7) is 3.11. The van der Waals surface area contributed by atoms with E-state index in [2.05, 4.69) is 19.8 Å². The molecule has 1 aliphatic heterocycles. The summed E-state index contributed by atoms with van der Waals surface area (Å²) in [6, 6.07) is 0.417. The van der Waals surface area contributed by atoms with Gasteiger partial charge in [-0.05, 0) is 19.4 Å². The average Bonchev–Trinajstić information content (AvgIpc) is 2.84. The summed E-state index contributed by atoms with van der Waals surface area (Å²) in [5.41, 5.74) is 6.60. The molecule has 0 radical (unpaired) electrons. The molecule has 1 fully saturated rings. The third-order valence-corrected chi connectivity index (χ3v) is 3.94. The lowest BCUT2D eigenvalue weighted by molar-refractivity contribution is -0.121. The Morgan fingerprint density at radius 3 is 3.10 bits per heavy atom. The lowest BCUT2D eigenvalue weighted by Crippen LogP contribution is -2.46. The van der Waals surface area contributed by atoms with E-state index in [4.69, 9.17) is 5.73 Å². The highest BCUT2D eigenvalue weighted by Gasteiger charge is 2.23. The largest absolute Gasteiger partial charge is 0.354 e. The van der Waals surface area contributed by atoms with Gasteiger partial charge in [0.2, 0.25) is 5.91 Å². The van der Waals surface area contributed by atoms with Crippen molar-refractivity contribution in [1.29, 1.82) is 0 Å². The number of piperidine rings is 1. The Kier molecular flexibility index (Phi) is 5.55. The third kappa shape index (κ3) is 4.05. The quantitative estimate of drug-likeness (QED) is 0.782. The van der Waals surface area contributed by atoms with Gasteiger partial charge < -0.3 is 15.6 Å². The Balaban J connectivity index is 1.88. The number of nitrogens with one attached hydrogen (secondary N) is 1. The van der Waals surface area contributed by atoms with Gasteiger partial charge >= 0.3 is 0 Å². The van der Waals surface area contributed by atoms with Gasteiger partial charge in [-0.15, -0.1) is 0 Å². The van der Waals surface area contributed by atoms with Crippen molar-refractivity contribution in [1.82, 2.24) is 19.8 Å². The predicted molar refractivity (Wildman–Crippen MR) is 77.9 cm³/mol. The van der Waals surface area contributed by atoms with Crippen LogP contribution in [-0.2, 0) is 18.4 Å². The Bertz CT molecular complexity index is 431. The molecule has 20 heavy (non-hydrogen) atoms. The molecule has 1 saturated heterocycles. The molecule has 0 bridgehead atoms. The highest BCUT2D eigenvalue weighted by molar-refractivity contribution is 5.76. The first kappa shape index (κ1) is 15.0. The number of carbonyl (C=O) groups is 1. The number of rotatable bonds is 6. The summed E-state index contributed by atoms with van der Waals surface area (Å²) in [4.78, 5) is 18.2. The van der Waals surface area contributed by atoms with Gasteiger partial charge in [-0.3, -0.25) is 9.69 Å². The van der Waals surface area contributed by atoms with Gasteiger partial charge in [0.05, 0.1) is 12.0 Å². The van der Waals surface area contributed by atoms with Crippen LogP contribution in [0.3, 0.4) is 0 Å². The Hall–Kier alpha value is -1.40. The molecule has 2 heterocycles. The van der Waals surface area contributed by atoms with Crippen molar-refractivity contribution >= 4 is 5.91 Å². The molecule has 0 unspecified atom stereocenters. The van der Waals surface area contributed by atoms with E-state index in [1.807, 2.05) is 19.6 Å². The number of hydrogen-bond acceptors (Lipinski definition) is 4. The minimum Gasteiger partial charge on any atom is -0.354 e. The maximum atomic E-state index is 11.5. The Labute approximate surface area is 120 Å². The minimum absolute atomic E-state index is 0.0542. The number of amides is 1. The van der Waals surface area contributed by atoms with E-state index in [1.54, 1.807) is 0 Å². The van der Waals surface area contributed by atoms with Gasteiger partial charge in [0, 0.05) is 45.3 Å². The number of carbonyl (C=O) groups excluding carboxylic acids is 1. The topological polar surface area (TPSA) is 76.2 Å². The van der Waals surface area contributed by atoms with Gasteiger partial charge in [0.25, 0.3) is 0 Å². The van der Waals surface area contributed by atoms with Crippen LogP contribution in [0, 0.1) is 0 Å². The van der Waals surface area contributed by atoms with Crippen LogP contribution in [0.25, 0.3) is 0 Å². The van der Waals surface area contributed by atoms with Crippen LogP contribution in [0.4, 0.5) is 0 Å². The molecule has 6 nitrogen and oxygen atoms in total. The molecule has 1 atom stereocenters. The molecule has 1 aromatic rings. The molecule has 0 aliphatic carbocycles. The normalized spacial score (nSPS) is 20.0. The second-order valence-corrected chi connectivity index (χ2v) is 5.46. The zero-order valence-electron chi connectivity index (χ0n) is 12.2. The minimum atomic E-state index is 0.0542. The molecule has 112 valence electrons. The average molecular weight is 279 g/mol. The van der Waals surface area contributed by atoms with Crippen LogP contribution in [0.5, 0.6) is 0 Å². The van der Waals surface area contributed by atoms with E-state index in [0.29, 0.717) is 19.0 Å². The summed E-state index contributed by atoms with van der Waals surface area (Å²) >= 11 is 0. The molecule has 2 rings (SSSR count). The predicted octanol–water partition coefficient (Wildman–Crippen LogP) is 0.240. The van der Waals surface area contributed by atoms with Crippen LogP contribution in [0.2, 0.25) is 0 Å². The zero-order chi connectivity index (χ0) is 14.4. The SMILES string of the molecule is Cn1cncc1CN1CCCC[C@H]1CNC(=O)CCN. The molecular weight excluding hydrogens is 254 g/mol. The summed E-state index contributed by atoms with van der Waals surface area (Å²) in [6.07, 6.45) is 7.76. The number of aromatic nitrogens is 2. The van der Waals surface area contributed by atoms with Gasteiger partial charge in [-0.25, -0.2) is 4.98 Å².